The van der Waals surface area contributed by atoms with Crippen molar-refractivity contribution >= 4 is 75.5 Å². The van der Waals surface area contributed by atoms with Gasteiger partial charge in [0.15, 0.2) is 0 Å². The third-order valence-corrected chi connectivity index (χ3v) is 5.42. The van der Waals surface area contributed by atoms with Crippen molar-refractivity contribution in [3.8, 4) is 0 Å². The first-order valence-electron chi connectivity index (χ1n) is 3.87. The molecule has 0 spiro atoms. The van der Waals surface area contributed by atoms with Crippen LogP contribution in [0.25, 0.3) is 21.0 Å². The highest BCUT2D eigenvalue weighted by molar-refractivity contribution is 9.12. The van der Waals surface area contributed by atoms with Crippen molar-refractivity contribution in [2.45, 2.75) is 0 Å². The van der Waals surface area contributed by atoms with Gasteiger partial charge in [-0.25, -0.2) is 0 Å². The maximum Gasteiger partial charge on any atom is 0.0973 e. The van der Waals surface area contributed by atoms with E-state index in [0.717, 1.165) is 13.1 Å². The van der Waals surface area contributed by atoms with Gasteiger partial charge in [0.2, 0.25) is 0 Å². The molecule has 0 aromatic carbocycles. The zero-order valence-electron chi connectivity index (χ0n) is 6.75. The van der Waals surface area contributed by atoms with Crippen molar-refractivity contribution in [3.63, 3.8) is 0 Å². The molecule has 0 bridgehead atoms. The molecule has 0 saturated heterocycles. The minimum absolute atomic E-state index is 1.05. The van der Waals surface area contributed by atoms with Crippen LogP contribution in [0.1, 0.15) is 0 Å². The molecule has 0 amide bonds. The van der Waals surface area contributed by atoms with Gasteiger partial charge in [-0.05, 0) is 43.3 Å². The molecule has 0 aliphatic rings. The highest BCUT2D eigenvalue weighted by Gasteiger charge is 2.12. The SMILES string of the molecule is Brc1sc(Br)c2c1ncc1sccc12. The van der Waals surface area contributed by atoms with Crippen molar-refractivity contribution < 1.29 is 0 Å². The van der Waals surface area contributed by atoms with E-state index in [1.54, 1.807) is 22.7 Å². The first kappa shape index (κ1) is 9.27. The number of halogens is 2. The van der Waals surface area contributed by atoms with Crippen LogP contribution in [0, 0.1) is 0 Å². The quantitative estimate of drug-likeness (QED) is 0.554. The van der Waals surface area contributed by atoms with Crippen LogP contribution >= 0.6 is 54.5 Å². The predicted molar refractivity (Wildman–Crippen MR) is 70.4 cm³/mol. The molecule has 3 heterocycles. The number of fused-ring (bicyclic) bond motifs is 3. The maximum absolute atomic E-state index is 4.45. The molecule has 0 atom stereocenters. The average molecular weight is 349 g/mol. The van der Waals surface area contributed by atoms with Gasteiger partial charge in [-0.2, -0.15) is 0 Å². The minimum atomic E-state index is 1.05. The molecule has 5 heteroatoms. The van der Waals surface area contributed by atoms with Crippen molar-refractivity contribution in [2.24, 2.45) is 0 Å². The molecule has 3 aromatic rings. The second kappa shape index (κ2) is 3.27. The number of thiophene rings is 2. The van der Waals surface area contributed by atoms with Crippen molar-refractivity contribution in [1.29, 1.82) is 0 Å². The lowest BCUT2D eigenvalue weighted by atomic mass is 10.2. The van der Waals surface area contributed by atoms with Crippen LogP contribution in [0.5, 0.6) is 0 Å². The van der Waals surface area contributed by atoms with Crippen LogP contribution < -0.4 is 0 Å². The summed E-state index contributed by atoms with van der Waals surface area (Å²) in [4.78, 5) is 4.45. The van der Waals surface area contributed by atoms with E-state index in [1.165, 1.54) is 15.5 Å². The summed E-state index contributed by atoms with van der Waals surface area (Å²) in [6, 6.07) is 2.15. The molecule has 0 N–H and O–H groups in total. The molecule has 0 radical (unpaired) electrons. The molecule has 0 aliphatic carbocycles. The Bertz CT molecular complexity index is 626. The Morgan fingerprint density at radius 3 is 2.93 bits per heavy atom. The van der Waals surface area contributed by atoms with E-state index in [0.29, 0.717) is 0 Å². The molecule has 1 nitrogen and oxygen atoms in total. The van der Waals surface area contributed by atoms with Gasteiger partial charge in [-0.1, -0.05) is 0 Å². The van der Waals surface area contributed by atoms with Gasteiger partial charge in [-0.3, -0.25) is 4.98 Å². The zero-order valence-corrected chi connectivity index (χ0v) is 11.6. The summed E-state index contributed by atoms with van der Waals surface area (Å²) < 4.78 is 3.48. The van der Waals surface area contributed by atoms with Crippen LogP contribution in [-0.2, 0) is 0 Å². The van der Waals surface area contributed by atoms with Crippen LogP contribution in [0.4, 0.5) is 0 Å². The average Bonchev–Trinajstić information content (AvgIpc) is 2.71. The van der Waals surface area contributed by atoms with Gasteiger partial charge in [0.05, 0.1) is 17.8 Å². The van der Waals surface area contributed by atoms with Gasteiger partial charge in [0, 0.05) is 17.0 Å². The fourth-order valence-corrected chi connectivity index (χ4v) is 5.27. The van der Waals surface area contributed by atoms with Gasteiger partial charge in [0.25, 0.3) is 0 Å². The van der Waals surface area contributed by atoms with Gasteiger partial charge in [0.1, 0.15) is 0 Å². The molecule has 0 saturated carbocycles. The minimum Gasteiger partial charge on any atom is -0.253 e. The fraction of sp³-hybridized carbons (Fsp3) is 0. The monoisotopic (exact) mass is 347 g/mol. The van der Waals surface area contributed by atoms with Gasteiger partial charge in [-0.15, -0.1) is 22.7 Å². The maximum atomic E-state index is 4.45. The number of hydrogen-bond donors (Lipinski definition) is 0. The molecule has 14 heavy (non-hydrogen) atoms. The Kier molecular flexibility index (Phi) is 2.16. The first-order chi connectivity index (χ1) is 6.77. The van der Waals surface area contributed by atoms with Crippen LogP contribution in [0.3, 0.4) is 0 Å². The van der Waals surface area contributed by atoms with Crippen molar-refractivity contribution in [1.82, 2.24) is 4.98 Å². The normalized spacial score (nSPS) is 11.6. The van der Waals surface area contributed by atoms with E-state index in [9.17, 15) is 0 Å². The third-order valence-electron chi connectivity index (χ3n) is 2.07. The van der Waals surface area contributed by atoms with E-state index in [2.05, 4.69) is 48.3 Å². The number of aromatic nitrogens is 1. The van der Waals surface area contributed by atoms with E-state index >= 15 is 0 Å². The smallest absolute Gasteiger partial charge is 0.0973 e. The summed E-state index contributed by atoms with van der Waals surface area (Å²) in [6.07, 6.45) is 1.94. The molecule has 0 unspecified atom stereocenters. The second-order valence-electron chi connectivity index (χ2n) is 2.83. The van der Waals surface area contributed by atoms with E-state index in [1.807, 2.05) is 6.20 Å². The summed E-state index contributed by atoms with van der Waals surface area (Å²) in [5, 5.41) is 4.61. The second-order valence-corrected chi connectivity index (χ2v) is 7.43. The Morgan fingerprint density at radius 2 is 2.07 bits per heavy atom. The Hall–Kier alpha value is 0.0300. The molecule has 3 aromatic heterocycles. The van der Waals surface area contributed by atoms with Gasteiger partial charge >= 0.3 is 0 Å². The number of hydrogen-bond acceptors (Lipinski definition) is 3. The molecule has 0 fully saturated rings. The highest BCUT2D eigenvalue weighted by Crippen LogP contribution is 2.42. The number of nitrogens with zero attached hydrogens (tertiary/aromatic N) is 1. The van der Waals surface area contributed by atoms with Gasteiger partial charge < -0.3 is 0 Å². The summed E-state index contributed by atoms with van der Waals surface area (Å²) in [6.45, 7) is 0. The molecule has 70 valence electrons. The van der Waals surface area contributed by atoms with Crippen LogP contribution in [-0.4, -0.2) is 4.98 Å². The van der Waals surface area contributed by atoms with E-state index in [-0.39, 0.29) is 0 Å². The highest BCUT2D eigenvalue weighted by atomic mass is 79.9. The van der Waals surface area contributed by atoms with Crippen molar-refractivity contribution in [3.05, 3.63) is 25.2 Å². The lowest BCUT2D eigenvalue weighted by Crippen LogP contribution is -1.73. The van der Waals surface area contributed by atoms with Crippen LogP contribution in [0.2, 0.25) is 0 Å². The third kappa shape index (κ3) is 1.19. The lowest BCUT2D eigenvalue weighted by molar-refractivity contribution is 1.47. The summed E-state index contributed by atoms with van der Waals surface area (Å²) in [5.41, 5.74) is 1.05. The van der Waals surface area contributed by atoms with E-state index < -0.39 is 0 Å². The first-order valence-corrected chi connectivity index (χ1v) is 7.15. The number of rotatable bonds is 0. The predicted octanol–water partition coefficient (Wildman–Crippen LogP) is 5.04. The zero-order chi connectivity index (χ0) is 9.71. The summed E-state index contributed by atoms with van der Waals surface area (Å²) >= 11 is 10.5. The fourth-order valence-electron chi connectivity index (χ4n) is 1.47. The molecular weight excluding hydrogens is 346 g/mol. The van der Waals surface area contributed by atoms with E-state index in [4.69, 9.17) is 0 Å². The topological polar surface area (TPSA) is 12.9 Å². The lowest BCUT2D eigenvalue weighted by Gasteiger charge is -1.92. The standard InChI is InChI=1S/C9H3Br2NS2/c10-8-6-4-1-2-13-5(4)3-12-7(6)9(11)14-8/h1-3H. The summed E-state index contributed by atoms with van der Waals surface area (Å²) in [5.74, 6) is 0. The Labute approximate surface area is 105 Å². The molecular formula is C9H3Br2NS2. The molecule has 3 rings (SSSR count). The molecule has 0 aliphatic heterocycles. The summed E-state index contributed by atoms with van der Waals surface area (Å²) in [7, 11) is 0. The number of pyridine rings is 1. The van der Waals surface area contributed by atoms with Crippen molar-refractivity contribution in [2.75, 3.05) is 0 Å². The Morgan fingerprint density at radius 1 is 1.21 bits per heavy atom. The largest absolute Gasteiger partial charge is 0.253 e. The Balaban J connectivity index is 2.68. The van der Waals surface area contributed by atoms with Crippen LogP contribution in [0.15, 0.2) is 25.2 Å².